The number of benzene rings is 3. The van der Waals surface area contributed by atoms with Gasteiger partial charge >= 0.3 is 5.69 Å². The summed E-state index contributed by atoms with van der Waals surface area (Å²) in [6.07, 6.45) is 5.50. The smallest absolute Gasteiger partial charge is 0.335 e. The molecule has 4 saturated heterocycles. The van der Waals surface area contributed by atoms with Gasteiger partial charge in [-0.25, -0.2) is 14.8 Å². The Labute approximate surface area is 351 Å². The molecule has 4 amide bonds. The number of nitrogen functional groups attached to an aromatic ring is 1. The monoisotopic (exact) mass is 824 g/mol. The first-order valence-electron chi connectivity index (χ1n) is 21.3. The van der Waals surface area contributed by atoms with Gasteiger partial charge in [0.25, 0.3) is 11.8 Å². The minimum Gasteiger partial charge on any atom is -0.457 e. The first kappa shape index (κ1) is 38.9. The van der Waals surface area contributed by atoms with Crippen molar-refractivity contribution in [3.05, 3.63) is 106 Å². The van der Waals surface area contributed by atoms with E-state index >= 15 is 0 Å². The molecule has 0 aliphatic carbocycles. The van der Waals surface area contributed by atoms with Gasteiger partial charge in [0.05, 0.1) is 16.8 Å². The molecule has 0 spiro atoms. The maximum absolute atomic E-state index is 14.2. The van der Waals surface area contributed by atoms with Crippen LogP contribution in [0.1, 0.15) is 70.8 Å². The van der Waals surface area contributed by atoms with Crippen LogP contribution in [0.15, 0.2) is 83.9 Å². The van der Waals surface area contributed by atoms with E-state index in [0.717, 1.165) is 87.7 Å². The quantitative estimate of drug-likeness (QED) is 0.196. The van der Waals surface area contributed by atoms with Gasteiger partial charge in [-0.1, -0.05) is 24.3 Å². The minimum atomic E-state index is -0.965. The van der Waals surface area contributed by atoms with Crippen LogP contribution in [0.2, 0.25) is 0 Å². The van der Waals surface area contributed by atoms with Gasteiger partial charge in [0.2, 0.25) is 11.8 Å². The van der Waals surface area contributed by atoms with Crippen LogP contribution in [-0.2, 0) is 16.1 Å². The number of hydrogen-bond donors (Lipinski definition) is 2. The van der Waals surface area contributed by atoms with Crippen molar-refractivity contribution in [1.29, 1.82) is 0 Å². The number of nitrogens with two attached hydrogens (primary N) is 1. The zero-order valence-corrected chi connectivity index (χ0v) is 33.8. The molecule has 2 aromatic heterocycles. The molecule has 5 aliphatic rings. The number of nitrogens with zero attached hydrogens (tertiary/aromatic N) is 8. The highest BCUT2D eigenvalue weighted by molar-refractivity contribution is 6.23. The third-order valence-electron chi connectivity index (χ3n) is 13.2. The van der Waals surface area contributed by atoms with Crippen molar-refractivity contribution < 1.29 is 23.9 Å². The Hall–Kier alpha value is -6.23. The summed E-state index contributed by atoms with van der Waals surface area (Å²) >= 11 is 0. The van der Waals surface area contributed by atoms with Crippen LogP contribution in [0.4, 0.5) is 5.82 Å². The predicted molar refractivity (Wildman–Crippen MR) is 225 cm³/mol. The number of imidazole rings is 1. The number of carbonyl (C=O) groups excluding carboxylic acids is 4. The van der Waals surface area contributed by atoms with Gasteiger partial charge in [-0.05, 0) is 105 Å². The van der Waals surface area contributed by atoms with E-state index in [4.69, 9.17) is 10.5 Å². The van der Waals surface area contributed by atoms with E-state index in [1.54, 1.807) is 16.7 Å². The van der Waals surface area contributed by atoms with Crippen LogP contribution in [0.25, 0.3) is 16.9 Å². The highest BCUT2D eigenvalue weighted by Gasteiger charge is 2.45. The van der Waals surface area contributed by atoms with E-state index in [0.29, 0.717) is 52.2 Å². The summed E-state index contributed by atoms with van der Waals surface area (Å²) in [6.45, 7) is 7.62. The lowest BCUT2D eigenvalue weighted by atomic mass is 9.92. The molecular weight excluding hydrogens is 777 g/mol. The molecule has 10 rings (SSSR count). The number of amides is 4. The van der Waals surface area contributed by atoms with Crippen LogP contribution in [0, 0.1) is 5.92 Å². The van der Waals surface area contributed by atoms with Crippen molar-refractivity contribution in [2.24, 2.45) is 5.92 Å². The van der Waals surface area contributed by atoms with E-state index in [1.807, 2.05) is 65.2 Å². The number of carbonyl (C=O) groups is 4. The average molecular weight is 825 g/mol. The Morgan fingerprint density at radius 1 is 0.738 bits per heavy atom. The van der Waals surface area contributed by atoms with Crippen molar-refractivity contribution >= 4 is 40.6 Å². The van der Waals surface area contributed by atoms with Crippen molar-refractivity contribution in [1.82, 2.24) is 44.0 Å². The minimum absolute atomic E-state index is 0.00197. The average Bonchev–Trinajstić information content (AvgIpc) is 3.69. The zero-order chi connectivity index (χ0) is 41.8. The van der Waals surface area contributed by atoms with Gasteiger partial charge in [-0.15, -0.1) is 0 Å². The summed E-state index contributed by atoms with van der Waals surface area (Å²) in [4.78, 5) is 82.1. The van der Waals surface area contributed by atoms with E-state index in [2.05, 4.69) is 30.0 Å². The van der Waals surface area contributed by atoms with Gasteiger partial charge < -0.3 is 15.4 Å². The molecule has 0 radical (unpaired) electrons. The maximum Gasteiger partial charge on any atom is 0.335 e. The number of hydrogen-bond acceptors (Lipinski definition) is 12. The topological polar surface area (TPSA) is 181 Å². The molecule has 1 atom stereocenters. The second-order valence-corrected chi connectivity index (χ2v) is 17.0. The molecule has 16 nitrogen and oxygen atoms in total. The lowest BCUT2D eigenvalue weighted by molar-refractivity contribution is -0.136. The summed E-state index contributed by atoms with van der Waals surface area (Å²) in [6, 6.07) is 21.9. The molecule has 4 fully saturated rings. The van der Waals surface area contributed by atoms with Gasteiger partial charge in [-0.2, -0.15) is 0 Å². The number of aromatic nitrogens is 4. The fraction of sp³-hybridized carbons (Fsp3) is 0.400. The molecule has 0 saturated carbocycles. The van der Waals surface area contributed by atoms with Gasteiger partial charge in [0.15, 0.2) is 11.5 Å². The van der Waals surface area contributed by atoms with E-state index in [9.17, 15) is 24.0 Å². The molecule has 5 aliphatic heterocycles. The lowest BCUT2D eigenvalue weighted by Gasteiger charge is -2.49. The van der Waals surface area contributed by atoms with Crippen molar-refractivity contribution in [3.8, 4) is 17.2 Å². The van der Waals surface area contributed by atoms with Crippen molar-refractivity contribution in [2.75, 3.05) is 51.5 Å². The van der Waals surface area contributed by atoms with Gasteiger partial charge in [0, 0.05) is 57.8 Å². The number of fused-ring (bicyclic) bond motifs is 2. The van der Waals surface area contributed by atoms with Crippen molar-refractivity contribution in [3.63, 3.8) is 0 Å². The molecule has 3 N–H and O–H groups in total. The first-order valence-corrected chi connectivity index (χ1v) is 21.3. The third kappa shape index (κ3) is 7.38. The fourth-order valence-corrected chi connectivity index (χ4v) is 9.99. The Morgan fingerprint density at radius 3 is 2.16 bits per heavy atom. The highest BCUT2D eigenvalue weighted by atomic mass is 16.5. The molecule has 1 unspecified atom stereocenters. The summed E-state index contributed by atoms with van der Waals surface area (Å²) in [5.74, 6) is 0.336. The molecule has 61 heavy (non-hydrogen) atoms. The molecule has 5 aromatic rings. The number of nitrogens with one attached hydrogen (secondary N) is 1. The number of para-hydroxylation sites is 1. The Morgan fingerprint density at radius 2 is 1.43 bits per heavy atom. The van der Waals surface area contributed by atoms with E-state index < -0.39 is 23.8 Å². The van der Waals surface area contributed by atoms with Crippen LogP contribution in [0.3, 0.4) is 0 Å². The number of piperidine rings is 3. The number of likely N-dealkylation sites (tertiary alicyclic amines) is 3. The normalized spacial score (nSPS) is 21.2. The Bertz CT molecular complexity index is 2570. The van der Waals surface area contributed by atoms with Gasteiger partial charge in [-0.3, -0.25) is 48.3 Å². The standard InChI is InChI=1S/C45H48N10O6/c46-40-39-41(48-27-47-40)54(45(60)53(39)31-7-9-34(10-8-31)61-33-4-2-1-3-5-33)32-16-20-51(21-17-32)24-29-25-52(26-29)30-14-18-50(19-15-30)23-28-6-11-35-36(22-28)44(59)55(43(35)58)37-12-13-38(56)49-42(37)57/h1-11,22,27,29-30,32,37H,12-21,23-26H2,(H2,46,47,48)(H,49,56,57). The van der Waals surface area contributed by atoms with Crippen LogP contribution in [0.5, 0.6) is 11.5 Å². The summed E-state index contributed by atoms with van der Waals surface area (Å²) in [5, 5.41) is 2.25. The molecule has 314 valence electrons. The maximum atomic E-state index is 14.2. The molecular formula is C45H48N10O6. The fourth-order valence-electron chi connectivity index (χ4n) is 9.99. The van der Waals surface area contributed by atoms with E-state index in [1.165, 1.54) is 6.33 Å². The number of ether oxygens (including phenoxy) is 1. The molecule has 0 bridgehead atoms. The number of anilines is 1. The summed E-state index contributed by atoms with van der Waals surface area (Å²) < 4.78 is 9.41. The van der Waals surface area contributed by atoms with Crippen LogP contribution < -0.4 is 21.5 Å². The lowest BCUT2D eigenvalue weighted by Crippen LogP contribution is -2.58. The summed E-state index contributed by atoms with van der Waals surface area (Å²) in [7, 11) is 0. The van der Waals surface area contributed by atoms with Crippen molar-refractivity contribution in [2.45, 2.75) is 63.2 Å². The predicted octanol–water partition coefficient (Wildman–Crippen LogP) is 3.59. The summed E-state index contributed by atoms with van der Waals surface area (Å²) in [5.41, 5.74) is 9.56. The Balaban J connectivity index is 0.702. The molecule has 3 aromatic carbocycles. The SMILES string of the molecule is Nc1ncnc2c1n(-c1ccc(Oc3ccccc3)cc1)c(=O)n2C1CCN(CC2CN(C3CCN(Cc4ccc5c(c4)C(=O)N(C4CCC(=O)NC4=O)C5=O)CC3)C2)CC1. The Kier molecular flexibility index (Phi) is 10.2. The third-order valence-corrected chi connectivity index (χ3v) is 13.2. The first-order chi connectivity index (χ1) is 29.7. The largest absolute Gasteiger partial charge is 0.457 e. The van der Waals surface area contributed by atoms with Crippen LogP contribution in [-0.4, -0.2) is 120 Å². The highest BCUT2D eigenvalue weighted by Crippen LogP contribution is 2.33. The molecule has 16 heteroatoms. The zero-order valence-electron chi connectivity index (χ0n) is 33.8. The number of rotatable bonds is 10. The second kappa shape index (κ2) is 16.0. The van der Waals surface area contributed by atoms with E-state index in [-0.39, 0.29) is 36.3 Å². The second-order valence-electron chi connectivity index (χ2n) is 17.0. The van der Waals surface area contributed by atoms with Crippen LogP contribution >= 0.6 is 0 Å². The number of imide groups is 2. The molecule has 7 heterocycles. The van der Waals surface area contributed by atoms with Gasteiger partial charge in [0.1, 0.15) is 29.4 Å².